The zero-order valence-corrected chi connectivity index (χ0v) is 10.1. The SMILES string of the molecule is [B]c1ccc(CBr)c(C(=O)N(C)OC)n1. The van der Waals surface area contributed by atoms with E-state index in [0.29, 0.717) is 16.6 Å². The molecule has 15 heavy (non-hydrogen) atoms. The molecule has 0 saturated carbocycles. The highest BCUT2D eigenvalue weighted by molar-refractivity contribution is 9.08. The summed E-state index contributed by atoms with van der Waals surface area (Å²) in [6.07, 6.45) is 0. The predicted octanol–water partition coefficient (Wildman–Crippen LogP) is 0.404. The zero-order chi connectivity index (χ0) is 11.4. The van der Waals surface area contributed by atoms with E-state index in [9.17, 15) is 4.79 Å². The fourth-order valence-corrected chi connectivity index (χ4v) is 1.48. The summed E-state index contributed by atoms with van der Waals surface area (Å²) < 4.78 is 0. The summed E-state index contributed by atoms with van der Waals surface area (Å²) in [7, 11) is 8.46. The molecule has 0 aliphatic rings. The van der Waals surface area contributed by atoms with Crippen LogP contribution in [-0.2, 0) is 10.2 Å². The number of hydrogen-bond acceptors (Lipinski definition) is 3. The number of hydrogen-bond donors (Lipinski definition) is 0. The topological polar surface area (TPSA) is 42.4 Å². The molecule has 1 heterocycles. The van der Waals surface area contributed by atoms with Crippen LogP contribution in [0.25, 0.3) is 0 Å². The van der Waals surface area contributed by atoms with Gasteiger partial charge < -0.3 is 0 Å². The van der Waals surface area contributed by atoms with Gasteiger partial charge in [-0.25, -0.2) is 5.06 Å². The van der Waals surface area contributed by atoms with Crippen molar-refractivity contribution >= 4 is 35.3 Å². The third-order valence-electron chi connectivity index (χ3n) is 1.91. The molecular weight excluding hydrogens is 259 g/mol. The van der Waals surface area contributed by atoms with Crippen LogP contribution < -0.4 is 5.59 Å². The van der Waals surface area contributed by atoms with Crippen LogP contribution in [0.3, 0.4) is 0 Å². The Kier molecular flexibility index (Phi) is 4.29. The number of pyridine rings is 1. The summed E-state index contributed by atoms with van der Waals surface area (Å²) in [6, 6.07) is 3.41. The van der Waals surface area contributed by atoms with Gasteiger partial charge in [-0.2, -0.15) is 0 Å². The molecule has 0 unspecified atom stereocenters. The van der Waals surface area contributed by atoms with Crippen molar-refractivity contribution in [2.45, 2.75) is 5.33 Å². The molecule has 0 aliphatic carbocycles. The minimum atomic E-state index is -0.320. The first kappa shape index (κ1) is 12.2. The largest absolute Gasteiger partial charge is 0.295 e. The van der Waals surface area contributed by atoms with E-state index in [-0.39, 0.29) is 5.91 Å². The van der Waals surface area contributed by atoms with Crippen molar-refractivity contribution in [2.24, 2.45) is 0 Å². The van der Waals surface area contributed by atoms with Crippen molar-refractivity contribution in [2.75, 3.05) is 14.2 Å². The minimum absolute atomic E-state index is 0.302. The maximum atomic E-state index is 11.8. The van der Waals surface area contributed by atoms with Crippen LogP contribution in [0.4, 0.5) is 0 Å². The average molecular weight is 269 g/mol. The van der Waals surface area contributed by atoms with Gasteiger partial charge >= 0.3 is 0 Å². The monoisotopic (exact) mass is 268 g/mol. The van der Waals surface area contributed by atoms with E-state index in [4.69, 9.17) is 12.7 Å². The van der Waals surface area contributed by atoms with Crippen molar-refractivity contribution in [1.29, 1.82) is 0 Å². The highest BCUT2D eigenvalue weighted by Crippen LogP contribution is 2.10. The second kappa shape index (κ2) is 5.28. The highest BCUT2D eigenvalue weighted by atomic mass is 79.9. The third-order valence-corrected chi connectivity index (χ3v) is 2.51. The van der Waals surface area contributed by atoms with Gasteiger partial charge in [-0.3, -0.25) is 14.6 Å². The number of carbonyl (C=O) groups is 1. The normalized spacial score (nSPS) is 10.1. The van der Waals surface area contributed by atoms with Crippen LogP contribution in [0.2, 0.25) is 0 Å². The number of amides is 1. The number of nitrogens with zero attached hydrogens (tertiary/aromatic N) is 2. The van der Waals surface area contributed by atoms with E-state index < -0.39 is 0 Å². The van der Waals surface area contributed by atoms with Crippen molar-refractivity contribution < 1.29 is 9.63 Å². The highest BCUT2D eigenvalue weighted by Gasteiger charge is 2.16. The molecule has 0 aromatic carbocycles. The first-order valence-corrected chi connectivity index (χ1v) is 5.35. The molecule has 0 N–H and O–H groups in total. The molecule has 1 aromatic rings. The molecule has 1 aromatic heterocycles. The summed E-state index contributed by atoms with van der Waals surface area (Å²) >= 11 is 3.28. The summed E-state index contributed by atoms with van der Waals surface area (Å²) in [5.74, 6) is -0.320. The molecule has 0 aliphatic heterocycles. The molecule has 0 fully saturated rings. The van der Waals surface area contributed by atoms with Crippen LogP contribution in [-0.4, -0.2) is 38.0 Å². The standard InChI is InChI=1S/C9H10BBrN2O2/c1-13(15-2)9(14)8-6(5-11)3-4-7(10)12-8/h3-4H,5H2,1-2H3. The van der Waals surface area contributed by atoms with E-state index in [1.807, 2.05) is 0 Å². The van der Waals surface area contributed by atoms with E-state index in [2.05, 4.69) is 20.9 Å². The fourth-order valence-electron chi connectivity index (χ4n) is 1.03. The summed E-state index contributed by atoms with van der Waals surface area (Å²) in [5.41, 5.74) is 1.39. The maximum Gasteiger partial charge on any atom is 0.295 e. The smallest absolute Gasteiger partial charge is 0.274 e. The zero-order valence-electron chi connectivity index (χ0n) is 8.53. The van der Waals surface area contributed by atoms with Gasteiger partial charge in [0.25, 0.3) is 5.91 Å². The van der Waals surface area contributed by atoms with Gasteiger partial charge in [-0.1, -0.05) is 28.1 Å². The van der Waals surface area contributed by atoms with Crippen molar-refractivity contribution in [3.05, 3.63) is 23.4 Å². The average Bonchev–Trinajstić information content (AvgIpc) is 2.27. The molecule has 0 bridgehead atoms. The lowest BCUT2D eigenvalue weighted by atomic mass is 10.0. The van der Waals surface area contributed by atoms with Crippen molar-refractivity contribution in [3.8, 4) is 0 Å². The Labute approximate surface area is 98.1 Å². The lowest BCUT2D eigenvalue weighted by molar-refractivity contribution is -0.0760. The molecule has 0 spiro atoms. The van der Waals surface area contributed by atoms with Gasteiger partial charge in [0.2, 0.25) is 0 Å². The fraction of sp³-hybridized carbons (Fsp3) is 0.333. The van der Waals surface area contributed by atoms with Crippen LogP contribution in [0, 0.1) is 0 Å². The van der Waals surface area contributed by atoms with Gasteiger partial charge in [0, 0.05) is 12.4 Å². The van der Waals surface area contributed by atoms with E-state index in [1.54, 1.807) is 12.1 Å². The maximum absolute atomic E-state index is 11.8. The molecule has 2 radical (unpaired) electrons. The molecule has 78 valence electrons. The summed E-state index contributed by atoms with van der Waals surface area (Å²) in [5, 5.41) is 1.65. The van der Waals surface area contributed by atoms with Gasteiger partial charge in [0.05, 0.1) is 7.11 Å². The molecular formula is C9H10BBrN2O2. The first-order valence-electron chi connectivity index (χ1n) is 4.23. The van der Waals surface area contributed by atoms with E-state index >= 15 is 0 Å². The van der Waals surface area contributed by atoms with Gasteiger partial charge in [-0.05, 0) is 11.2 Å². The molecule has 1 amide bonds. The van der Waals surface area contributed by atoms with Crippen LogP contribution in [0.1, 0.15) is 16.1 Å². The molecule has 6 heteroatoms. The van der Waals surface area contributed by atoms with Gasteiger partial charge in [0.15, 0.2) is 0 Å². The Balaban J connectivity index is 3.11. The molecule has 0 saturated heterocycles. The molecule has 0 atom stereocenters. The Morgan fingerprint density at radius 2 is 2.33 bits per heavy atom. The molecule has 4 nitrogen and oxygen atoms in total. The second-order valence-electron chi connectivity index (χ2n) is 2.86. The summed E-state index contributed by atoms with van der Waals surface area (Å²) in [6.45, 7) is 0. The second-order valence-corrected chi connectivity index (χ2v) is 3.42. The quantitative estimate of drug-likeness (QED) is 0.453. The number of hydroxylamine groups is 2. The van der Waals surface area contributed by atoms with Crippen molar-refractivity contribution in [3.63, 3.8) is 0 Å². The molecule has 1 rings (SSSR count). The van der Waals surface area contributed by atoms with Crippen LogP contribution in [0.5, 0.6) is 0 Å². The first-order chi connectivity index (χ1) is 7.10. The van der Waals surface area contributed by atoms with Crippen LogP contribution >= 0.6 is 15.9 Å². The summed E-state index contributed by atoms with van der Waals surface area (Å²) in [4.78, 5) is 20.6. The Hall–Kier alpha value is -0.875. The predicted molar refractivity (Wildman–Crippen MR) is 61.4 cm³/mol. The number of alkyl halides is 1. The van der Waals surface area contributed by atoms with Crippen LogP contribution in [0.15, 0.2) is 12.1 Å². The lowest BCUT2D eigenvalue weighted by Crippen LogP contribution is -2.29. The van der Waals surface area contributed by atoms with Crippen molar-refractivity contribution in [1.82, 2.24) is 10.0 Å². The Morgan fingerprint density at radius 3 is 2.87 bits per heavy atom. The minimum Gasteiger partial charge on any atom is -0.274 e. The number of carbonyl (C=O) groups excluding carboxylic acids is 1. The van der Waals surface area contributed by atoms with Gasteiger partial charge in [0.1, 0.15) is 13.5 Å². The van der Waals surface area contributed by atoms with E-state index in [0.717, 1.165) is 10.6 Å². The number of halogens is 1. The number of rotatable bonds is 3. The third kappa shape index (κ3) is 2.79. The Morgan fingerprint density at radius 1 is 1.67 bits per heavy atom. The Bertz CT molecular complexity index is 373. The number of aromatic nitrogens is 1. The van der Waals surface area contributed by atoms with E-state index in [1.165, 1.54) is 14.2 Å². The lowest BCUT2D eigenvalue weighted by Gasteiger charge is -2.15. The van der Waals surface area contributed by atoms with Gasteiger partial charge in [-0.15, -0.1) is 0 Å².